The summed E-state index contributed by atoms with van der Waals surface area (Å²) >= 11 is 0. The van der Waals surface area contributed by atoms with Crippen molar-refractivity contribution in [3.05, 3.63) is 24.3 Å². The van der Waals surface area contributed by atoms with Crippen LogP contribution in [0.25, 0.3) is 0 Å². The second-order valence-electron chi connectivity index (χ2n) is 7.02. The number of carbonyl (C=O) groups excluding carboxylic acids is 1. The average Bonchev–Trinajstić information content (AvgIpc) is 2.68. The summed E-state index contributed by atoms with van der Waals surface area (Å²) < 4.78 is 5.45. The van der Waals surface area contributed by atoms with E-state index in [4.69, 9.17) is 4.74 Å². The summed E-state index contributed by atoms with van der Waals surface area (Å²) in [7, 11) is 1.82. The second-order valence-corrected chi connectivity index (χ2v) is 7.02. The maximum absolute atomic E-state index is 12.6. The summed E-state index contributed by atoms with van der Waals surface area (Å²) in [5.74, 6) is 0. The van der Waals surface area contributed by atoms with E-state index in [1.807, 2.05) is 20.0 Å². The van der Waals surface area contributed by atoms with Crippen LogP contribution >= 0.6 is 0 Å². The molecule has 0 spiro atoms. The van der Waals surface area contributed by atoms with Crippen LogP contribution in [0.5, 0.6) is 0 Å². The van der Waals surface area contributed by atoms with Gasteiger partial charge < -0.3 is 19.9 Å². The third-order valence-corrected chi connectivity index (χ3v) is 5.50. The van der Waals surface area contributed by atoms with Gasteiger partial charge in [-0.3, -0.25) is 0 Å². The van der Waals surface area contributed by atoms with Gasteiger partial charge in [0, 0.05) is 51.6 Å². The van der Waals surface area contributed by atoms with Gasteiger partial charge in [0.2, 0.25) is 0 Å². The maximum atomic E-state index is 12.6. The normalized spacial score (nSPS) is 21.7. The molecular weight excluding hydrogens is 318 g/mol. The van der Waals surface area contributed by atoms with Crippen molar-refractivity contribution in [2.45, 2.75) is 50.7 Å². The van der Waals surface area contributed by atoms with Crippen molar-refractivity contribution in [2.24, 2.45) is 0 Å². The Labute approximate surface area is 149 Å². The van der Waals surface area contributed by atoms with Crippen LogP contribution in [-0.4, -0.2) is 71.2 Å². The Morgan fingerprint density at radius 1 is 1.32 bits per heavy atom. The standard InChI is InChI=1S/C18H29N5O2/c1-14(17-3-8-19-13-20-17)22(2)18(24)21-15-4-9-23(10-5-15)16-6-11-25-12-7-16/h3,8,13-16H,4-7,9-12H2,1-2H3,(H,21,24). The van der Waals surface area contributed by atoms with Crippen LogP contribution in [0.15, 0.2) is 18.6 Å². The number of urea groups is 1. The fourth-order valence-corrected chi connectivity index (χ4v) is 3.66. The molecule has 1 N–H and O–H groups in total. The Balaban J connectivity index is 1.45. The molecule has 0 aliphatic carbocycles. The van der Waals surface area contributed by atoms with Crippen molar-refractivity contribution in [1.82, 2.24) is 25.1 Å². The van der Waals surface area contributed by atoms with Gasteiger partial charge in [0.1, 0.15) is 6.33 Å². The Morgan fingerprint density at radius 2 is 2.04 bits per heavy atom. The van der Waals surface area contributed by atoms with Gasteiger partial charge in [-0.25, -0.2) is 14.8 Å². The van der Waals surface area contributed by atoms with Gasteiger partial charge in [-0.1, -0.05) is 0 Å². The molecule has 1 unspecified atom stereocenters. The number of carbonyl (C=O) groups is 1. The van der Waals surface area contributed by atoms with E-state index < -0.39 is 0 Å². The SMILES string of the molecule is CC(c1ccncn1)N(C)C(=O)NC1CCN(C2CCOCC2)CC1. The molecule has 7 nitrogen and oxygen atoms in total. The molecule has 2 saturated heterocycles. The predicted molar refractivity (Wildman–Crippen MR) is 95.2 cm³/mol. The molecule has 1 aromatic rings. The first kappa shape index (κ1) is 18.1. The molecule has 2 fully saturated rings. The van der Waals surface area contributed by atoms with Crippen LogP contribution in [0.3, 0.4) is 0 Å². The lowest BCUT2D eigenvalue weighted by molar-refractivity contribution is 0.0241. The third-order valence-electron chi connectivity index (χ3n) is 5.50. The van der Waals surface area contributed by atoms with Crippen molar-refractivity contribution in [3.8, 4) is 0 Å². The zero-order valence-electron chi connectivity index (χ0n) is 15.2. The summed E-state index contributed by atoms with van der Waals surface area (Å²) in [6.45, 7) is 5.86. The van der Waals surface area contributed by atoms with Crippen LogP contribution in [-0.2, 0) is 4.74 Å². The van der Waals surface area contributed by atoms with Gasteiger partial charge in [0.25, 0.3) is 0 Å². The predicted octanol–water partition coefficient (Wildman–Crippen LogP) is 1.82. The molecule has 0 aromatic carbocycles. The van der Waals surface area contributed by atoms with Crippen molar-refractivity contribution in [3.63, 3.8) is 0 Å². The van der Waals surface area contributed by atoms with Crippen LogP contribution < -0.4 is 5.32 Å². The van der Waals surface area contributed by atoms with E-state index in [0.29, 0.717) is 6.04 Å². The monoisotopic (exact) mass is 347 g/mol. The third kappa shape index (κ3) is 4.67. The Morgan fingerprint density at radius 3 is 2.68 bits per heavy atom. The first-order valence-corrected chi connectivity index (χ1v) is 9.26. The highest BCUT2D eigenvalue weighted by molar-refractivity contribution is 5.74. The number of nitrogens with one attached hydrogen (secondary N) is 1. The largest absolute Gasteiger partial charge is 0.381 e. The van der Waals surface area contributed by atoms with E-state index in [1.165, 1.54) is 6.33 Å². The summed E-state index contributed by atoms with van der Waals surface area (Å²) in [4.78, 5) is 25.0. The minimum absolute atomic E-state index is 0.0318. The van der Waals surface area contributed by atoms with Gasteiger partial charge >= 0.3 is 6.03 Å². The van der Waals surface area contributed by atoms with Gasteiger partial charge in [-0.2, -0.15) is 0 Å². The fraction of sp³-hybridized carbons (Fsp3) is 0.722. The molecule has 1 aromatic heterocycles. The first-order valence-electron chi connectivity index (χ1n) is 9.26. The van der Waals surface area contributed by atoms with Gasteiger partial charge in [-0.15, -0.1) is 0 Å². The number of amides is 2. The highest BCUT2D eigenvalue weighted by Gasteiger charge is 2.28. The molecule has 2 aliphatic heterocycles. The Bertz CT molecular complexity index is 542. The van der Waals surface area contributed by atoms with Gasteiger partial charge in [-0.05, 0) is 38.7 Å². The topological polar surface area (TPSA) is 70.6 Å². The Hall–Kier alpha value is -1.73. The molecule has 25 heavy (non-hydrogen) atoms. The van der Waals surface area contributed by atoms with E-state index >= 15 is 0 Å². The number of aromatic nitrogens is 2. The van der Waals surface area contributed by atoms with Gasteiger partial charge in [0.15, 0.2) is 0 Å². The fourth-order valence-electron chi connectivity index (χ4n) is 3.66. The van der Waals surface area contributed by atoms with E-state index in [1.54, 1.807) is 11.1 Å². The smallest absolute Gasteiger partial charge is 0.317 e. The number of ether oxygens (including phenoxy) is 1. The van der Waals surface area contributed by atoms with Crippen LogP contribution in [0.4, 0.5) is 4.79 Å². The molecule has 2 aliphatic rings. The lowest BCUT2D eigenvalue weighted by atomic mass is 10.00. The van der Waals surface area contributed by atoms with Crippen molar-refractivity contribution >= 4 is 6.03 Å². The second kappa shape index (κ2) is 8.58. The quantitative estimate of drug-likeness (QED) is 0.900. The summed E-state index contributed by atoms with van der Waals surface area (Å²) in [5, 5.41) is 3.19. The summed E-state index contributed by atoms with van der Waals surface area (Å²) in [6.07, 6.45) is 7.52. The number of likely N-dealkylation sites (tertiary alicyclic amines) is 1. The molecule has 2 amide bonds. The van der Waals surface area contributed by atoms with Crippen LogP contribution in [0.1, 0.15) is 44.3 Å². The summed E-state index contributed by atoms with van der Waals surface area (Å²) in [5.41, 5.74) is 0.849. The molecule has 1 atom stereocenters. The number of rotatable bonds is 4. The molecular formula is C18H29N5O2. The lowest BCUT2D eigenvalue weighted by Gasteiger charge is -2.39. The van der Waals surface area contributed by atoms with Gasteiger partial charge in [0.05, 0.1) is 11.7 Å². The van der Waals surface area contributed by atoms with Crippen molar-refractivity contribution in [1.29, 1.82) is 0 Å². The van der Waals surface area contributed by atoms with Crippen LogP contribution in [0, 0.1) is 0 Å². The van der Waals surface area contributed by atoms with E-state index in [9.17, 15) is 4.79 Å². The molecule has 3 rings (SSSR count). The number of piperidine rings is 1. The Kier molecular flexibility index (Phi) is 6.20. The number of hydrogen-bond acceptors (Lipinski definition) is 5. The van der Waals surface area contributed by atoms with E-state index in [-0.39, 0.29) is 18.1 Å². The minimum atomic E-state index is -0.0784. The average molecular weight is 347 g/mol. The van der Waals surface area contributed by atoms with E-state index in [0.717, 1.165) is 57.7 Å². The molecule has 3 heterocycles. The molecule has 0 bridgehead atoms. The minimum Gasteiger partial charge on any atom is -0.381 e. The van der Waals surface area contributed by atoms with E-state index in [2.05, 4.69) is 20.2 Å². The number of nitrogens with zero attached hydrogens (tertiary/aromatic N) is 4. The zero-order chi connectivity index (χ0) is 17.6. The van der Waals surface area contributed by atoms with Crippen molar-refractivity contribution < 1.29 is 9.53 Å². The first-order chi connectivity index (χ1) is 12.1. The molecule has 7 heteroatoms. The maximum Gasteiger partial charge on any atom is 0.317 e. The zero-order valence-corrected chi connectivity index (χ0v) is 15.2. The molecule has 138 valence electrons. The molecule has 0 radical (unpaired) electrons. The highest BCUT2D eigenvalue weighted by Crippen LogP contribution is 2.21. The summed E-state index contributed by atoms with van der Waals surface area (Å²) in [6, 6.07) is 2.65. The molecule has 0 saturated carbocycles. The highest BCUT2D eigenvalue weighted by atomic mass is 16.5. The lowest BCUT2D eigenvalue weighted by Crippen LogP contribution is -2.51. The van der Waals surface area contributed by atoms with Crippen LogP contribution in [0.2, 0.25) is 0 Å². The number of hydrogen-bond donors (Lipinski definition) is 1. The van der Waals surface area contributed by atoms with Crippen molar-refractivity contribution in [2.75, 3.05) is 33.4 Å².